The van der Waals surface area contributed by atoms with Gasteiger partial charge < -0.3 is 5.73 Å². The molecule has 35 heavy (non-hydrogen) atoms. The maximum absolute atomic E-state index is 13.8. The summed E-state index contributed by atoms with van der Waals surface area (Å²) in [5, 5.41) is 0.546. The van der Waals surface area contributed by atoms with Gasteiger partial charge in [-0.2, -0.15) is 0 Å². The highest BCUT2D eigenvalue weighted by atomic mass is 35.5. The number of likely N-dealkylation sites (N-methyl/N-ethyl adjacent to an activating group) is 1. The number of halogens is 3. The van der Waals surface area contributed by atoms with Crippen LogP contribution in [-0.4, -0.2) is 59.8 Å². The molecular formula is C26H30ClF2N5O. The van der Waals surface area contributed by atoms with Crippen molar-refractivity contribution in [2.75, 3.05) is 26.7 Å². The fraction of sp³-hybridized carbons (Fsp3) is 0.500. The lowest BCUT2D eigenvalue weighted by Crippen LogP contribution is -2.48. The summed E-state index contributed by atoms with van der Waals surface area (Å²) >= 11 is 6.18. The van der Waals surface area contributed by atoms with Gasteiger partial charge in [-0.15, -0.1) is 0 Å². The average molecular weight is 502 g/mol. The third-order valence-corrected chi connectivity index (χ3v) is 8.10. The van der Waals surface area contributed by atoms with Gasteiger partial charge in [0.1, 0.15) is 0 Å². The lowest BCUT2D eigenvalue weighted by molar-refractivity contribution is -0.133. The van der Waals surface area contributed by atoms with E-state index in [1.807, 2.05) is 23.1 Å². The van der Waals surface area contributed by atoms with Gasteiger partial charge in [0.25, 0.3) is 12.3 Å². The van der Waals surface area contributed by atoms with Crippen LogP contribution in [0.15, 0.2) is 41.7 Å². The SMILES string of the molecule is CN1C(=O)[C@@]2(N=C1N)c1cc(-c3cncc(Cl)c3)ccc1CC[C@H]2CC1CCN(CC(F)F)CC1. The number of piperidine rings is 1. The molecule has 1 aromatic heterocycles. The molecule has 0 unspecified atom stereocenters. The van der Waals surface area contributed by atoms with Crippen molar-refractivity contribution in [1.82, 2.24) is 14.8 Å². The number of aryl methyl sites for hydroxylation is 1. The second-order valence-corrected chi connectivity index (χ2v) is 10.4. The summed E-state index contributed by atoms with van der Waals surface area (Å²) in [6.07, 6.45) is 5.25. The fourth-order valence-corrected chi connectivity index (χ4v) is 6.23. The van der Waals surface area contributed by atoms with Crippen molar-refractivity contribution in [3.8, 4) is 11.1 Å². The third-order valence-electron chi connectivity index (χ3n) is 7.90. The van der Waals surface area contributed by atoms with E-state index in [2.05, 4.69) is 11.1 Å². The molecule has 0 radical (unpaired) electrons. The lowest BCUT2D eigenvalue weighted by atomic mass is 9.65. The number of likely N-dealkylation sites (tertiary alicyclic amines) is 1. The van der Waals surface area contributed by atoms with Crippen LogP contribution < -0.4 is 5.73 Å². The van der Waals surface area contributed by atoms with Gasteiger partial charge in [-0.25, -0.2) is 13.8 Å². The Morgan fingerprint density at radius 1 is 1.17 bits per heavy atom. The average Bonchev–Trinajstić information content (AvgIpc) is 3.06. The number of aromatic nitrogens is 1. The molecule has 5 rings (SSSR count). The summed E-state index contributed by atoms with van der Waals surface area (Å²) in [7, 11) is 1.68. The Hall–Kier alpha value is -2.58. The number of nitrogens with zero attached hydrogens (tertiary/aromatic N) is 4. The van der Waals surface area contributed by atoms with E-state index in [1.165, 1.54) is 4.90 Å². The highest BCUT2D eigenvalue weighted by molar-refractivity contribution is 6.30. The Labute approximate surface area is 209 Å². The molecule has 186 valence electrons. The number of carbonyl (C=O) groups excluding carboxylic acids is 1. The van der Waals surface area contributed by atoms with Gasteiger partial charge in [0.15, 0.2) is 11.5 Å². The van der Waals surface area contributed by atoms with Crippen molar-refractivity contribution in [2.45, 2.75) is 44.1 Å². The number of hydrogen-bond acceptors (Lipinski definition) is 5. The molecular weight excluding hydrogens is 472 g/mol. The zero-order chi connectivity index (χ0) is 24.7. The third kappa shape index (κ3) is 4.42. The van der Waals surface area contributed by atoms with Crippen molar-refractivity contribution >= 4 is 23.5 Å². The molecule has 2 aliphatic heterocycles. The lowest BCUT2D eigenvalue weighted by Gasteiger charge is -2.42. The molecule has 3 heterocycles. The molecule has 0 bridgehead atoms. The minimum atomic E-state index is -2.31. The van der Waals surface area contributed by atoms with Gasteiger partial charge in [-0.1, -0.05) is 23.7 Å². The molecule has 2 aromatic rings. The summed E-state index contributed by atoms with van der Waals surface area (Å²) in [6, 6.07) is 8.02. The van der Waals surface area contributed by atoms with E-state index in [4.69, 9.17) is 22.3 Å². The van der Waals surface area contributed by atoms with Crippen molar-refractivity contribution < 1.29 is 13.6 Å². The molecule has 1 fully saturated rings. The molecule has 6 nitrogen and oxygen atoms in total. The molecule has 1 aliphatic carbocycles. The van der Waals surface area contributed by atoms with Gasteiger partial charge in [0, 0.05) is 25.0 Å². The molecule has 3 aliphatic rings. The number of guanidine groups is 1. The van der Waals surface area contributed by atoms with E-state index in [9.17, 15) is 13.6 Å². The second kappa shape index (κ2) is 9.47. The largest absolute Gasteiger partial charge is 0.369 e. The monoisotopic (exact) mass is 501 g/mol. The van der Waals surface area contributed by atoms with Gasteiger partial charge in [0.2, 0.25) is 0 Å². The van der Waals surface area contributed by atoms with Crippen LogP contribution in [0, 0.1) is 11.8 Å². The summed E-state index contributed by atoms with van der Waals surface area (Å²) in [5.74, 6) is 0.486. The number of alkyl halides is 2. The molecule has 1 saturated heterocycles. The van der Waals surface area contributed by atoms with Crippen LogP contribution in [0.5, 0.6) is 0 Å². The van der Waals surface area contributed by atoms with E-state index in [1.54, 1.807) is 19.4 Å². The normalized spacial score (nSPS) is 25.4. The van der Waals surface area contributed by atoms with E-state index in [-0.39, 0.29) is 24.3 Å². The number of pyridine rings is 1. The van der Waals surface area contributed by atoms with E-state index in [0.29, 0.717) is 24.0 Å². The minimum Gasteiger partial charge on any atom is -0.369 e. The first kappa shape index (κ1) is 24.1. The Bertz CT molecular complexity index is 1150. The topological polar surface area (TPSA) is 74.8 Å². The predicted molar refractivity (Wildman–Crippen MR) is 132 cm³/mol. The molecule has 0 saturated carbocycles. The van der Waals surface area contributed by atoms with Crippen LogP contribution in [-0.2, 0) is 16.8 Å². The summed E-state index contributed by atoms with van der Waals surface area (Å²) < 4.78 is 25.6. The number of fused-ring (bicyclic) bond motifs is 2. The fourth-order valence-electron chi connectivity index (χ4n) is 6.05. The molecule has 2 N–H and O–H groups in total. The summed E-state index contributed by atoms with van der Waals surface area (Å²) in [6.45, 7) is 1.16. The number of rotatable bonds is 5. The van der Waals surface area contributed by atoms with Crippen molar-refractivity contribution in [1.29, 1.82) is 0 Å². The zero-order valence-electron chi connectivity index (χ0n) is 19.8. The van der Waals surface area contributed by atoms with E-state index < -0.39 is 12.0 Å². The maximum atomic E-state index is 13.8. The van der Waals surface area contributed by atoms with E-state index >= 15 is 0 Å². The van der Waals surface area contributed by atoms with Gasteiger partial charge >= 0.3 is 0 Å². The number of amides is 1. The minimum absolute atomic E-state index is 0.00890. The molecule has 9 heteroatoms. The Morgan fingerprint density at radius 3 is 2.60 bits per heavy atom. The number of aliphatic imine (C=N–C) groups is 1. The number of benzene rings is 1. The number of carbonyl (C=O) groups is 1. The summed E-state index contributed by atoms with van der Waals surface area (Å²) in [5.41, 5.74) is 8.96. The Balaban J connectivity index is 1.48. The van der Waals surface area contributed by atoms with Crippen LogP contribution in [0.4, 0.5) is 8.78 Å². The van der Waals surface area contributed by atoms with Crippen LogP contribution in [0.25, 0.3) is 11.1 Å². The van der Waals surface area contributed by atoms with E-state index in [0.717, 1.165) is 54.4 Å². The van der Waals surface area contributed by atoms with Crippen molar-refractivity contribution in [3.05, 3.63) is 52.8 Å². The maximum Gasteiger partial charge on any atom is 0.261 e. The van der Waals surface area contributed by atoms with Gasteiger partial charge in [-0.05, 0) is 85.9 Å². The zero-order valence-corrected chi connectivity index (χ0v) is 20.5. The highest BCUT2D eigenvalue weighted by Gasteiger charge is 2.56. The van der Waals surface area contributed by atoms with Crippen molar-refractivity contribution in [3.63, 3.8) is 0 Å². The van der Waals surface area contributed by atoms with Crippen LogP contribution in [0.2, 0.25) is 5.02 Å². The van der Waals surface area contributed by atoms with Crippen molar-refractivity contribution in [2.24, 2.45) is 22.6 Å². The first-order chi connectivity index (χ1) is 16.8. The predicted octanol–water partition coefficient (Wildman–Crippen LogP) is 4.31. The number of nitrogens with two attached hydrogens (primary N) is 1. The van der Waals surface area contributed by atoms with Gasteiger partial charge in [0.05, 0.1) is 11.6 Å². The second-order valence-electron chi connectivity index (χ2n) is 9.97. The number of hydrogen-bond donors (Lipinski definition) is 1. The first-order valence-electron chi connectivity index (χ1n) is 12.2. The molecule has 2 atom stereocenters. The standard InChI is InChI=1S/C26H30ClF2N5O/c1-33-24(35)26(32-25(33)30)20(10-16-6-8-34(9-7-16)15-23(28)29)5-4-17-2-3-18(12-22(17)26)19-11-21(27)14-31-13-19/h2-3,11-14,16,20,23H,4-10,15H2,1H3,(H2,30,32)/t20-,26-/m0/s1. The van der Waals surface area contributed by atoms with Crippen LogP contribution in [0.3, 0.4) is 0 Å². The smallest absolute Gasteiger partial charge is 0.261 e. The molecule has 1 spiro atoms. The summed E-state index contributed by atoms with van der Waals surface area (Å²) in [4.78, 5) is 26.2. The van der Waals surface area contributed by atoms with Gasteiger partial charge in [-0.3, -0.25) is 19.6 Å². The molecule has 1 amide bonds. The first-order valence-corrected chi connectivity index (χ1v) is 12.5. The Morgan fingerprint density at radius 2 is 1.94 bits per heavy atom. The van der Waals surface area contributed by atoms with Crippen LogP contribution in [0.1, 0.15) is 36.8 Å². The Kier molecular flexibility index (Phi) is 6.53. The molecule has 1 aromatic carbocycles. The highest BCUT2D eigenvalue weighted by Crippen LogP contribution is 2.50. The quantitative estimate of drug-likeness (QED) is 0.662. The van der Waals surface area contributed by atoms with Crippen LogP contribution >= 0.6 is 11.6 Å².